The van der Waals surface area contributed by atoms with E-state index in [-0.39, 0.29) is 12.2 Å². The third-order valence-corrected chi connectivity index (χ3v) is 5.90. The zero-order chi connectivity index (χ0) is 12.5. The van der Waals surface area contributed by atoms with Gasteiger partial charge in [-0.15, -0.1) is 0 Å². The van der Waals surface area contributed by atoms with Gasteiger partial charge in [-0.2, -0.15) is 0 Å². The molecule has 3 saturated heterocycles. The van der Waals surface area contributed by atoms with E-state index in [9.17, 15) is 0 Å². The minimum atomic E-state index is -2.90. The molecule has 0 aromatic rings. The van der Waals surface area contributed by atoms with E-state index < -0.39 is 9.05 Å². The molecule has 2 bridgehead atoms. The minimum Gasteiger partial charge on any atom is -0.351 e. The topological polar surface area (TPSA) is 36.9 Å². The highest BCUT2D eigenvalue weighted by atomic mass is 28.4. The lowest BCUT2D eigenvalue weighted by Gasteiger charge is -2.46. The molecule has 2 unspecified atom stereocenters. The van der Waals surface area contributed by atoms with E-state index >= 15 is 0 Å². The van der Waals surface area contributed by atoms with Gasteiger partial charge in [0.15, 0.2) is 0 Å². The minimum absolute atomic E-state index is 0.117. The summed E-state index contributed by atoms with van der Waals surface area (Å²) < 4.78 is 24.5. The van der Waals surface area contributed by atoms with Crippen molar-refractivity contribution in [2.45, 2.75) is 33.0 Å². The molecule has 3 fully saturated rings. The van der Waals surface area contributed by atoms with E-state index in [2.05, 4.69) is 20.9 Å². The van der Waals surface area contributed by atoms with Gasteiger partial charge in [-0.3, -0.25) is 0 Å². The third-order valence-electron chi connectivity index (χ3n) is 3.32. The molecule has 3 rings (SSSR count). The first-order chi connectivity index (χ1) is 7.97. The van der Waals surface area contributed by atoms with Gasteiger partial charge < -0.3 is 22.2 Å². The van der Waals surface area contributed by atoms with E-state index in [0.717, 1.165) is 24.1 Å². The molecule has 0 spiro atoms. The predicted molar refractivity (Wildman–Crippen MR) is 65.2 cm³/mol. The summed E-state index contributed by atoms with van der Waals surface area (Å²) in [5.74, 6) is 0. The summed E-state index contributed by atoms with van der Waals surface area (Å²) in [6.07, 6.45) is 0.233. The van der Waals surface area contributed by atoms with Gasteiger partial charge in [0.1, 0.15) is 19.6 Å². The number of rotatable bonds is 2. The van der Waals surface area contributed by atoms with Crippen LogP contribution < -0.4 is 0 Å². The molecule has 17 heavy (non-hydrogen) atoms. The van der Waals surface area contributed by atoms with Gasteiger partial charge >= 0.3 is 9.05 Å². The molecule has 0 radical (unpaired) electrons. The van der Waals surface area contributed by atoms with Gasteiger partial charge in [0.2, 0.25) is 0 Å². The van der Waals surface area contributed by atoms with Crippen LogP contribution in [0.25, 0.3) is 0 Å². The molecule has 0 aromatic carbocycles. The Balaban J connectivity index is 2.23. The van der Waals surface area contributed by atoms with E-state index in [1.165, 1.54) is 0 Å². The molecule has 3 heterocycles. The number of hydrogen-bond acceptors (Lipinski definition) is 4. The number of hydrogen-bond donors (Lipinski definition) is 0. The molecule has 0 aliphatic carbocycles. The smallest absolute Gasteiger partial charge is 0.351 e. The Morgan fingerprint density at radius 3 is 2.35 bits per heavy atom. The number of nitrogens with zero attached hydrogens (tertiary/aromatic N) is 1. The number of likely N-dealkylation sites (N-methyl/N-ethyl adjacent to an activating group) is 1. The van der Waals surface area contributed by atoms with Crippen molar-refractivity contribution in [1.82, 2.24) is 0 Å². The van der Waals surface area contributed by atoms with E-state index in [1.807, 2.05) is 6.92 Å². The molecule has 2 atom stereocenters. The summed E-state index contributed by atoms with van der Waals surface area (Å²) in [4.78, 5) is 0. The van der Waals surface area contributed by atoms with Crippen LogP contribution in [0, 0.1) is 0 Å². The zero-order valence-corrected chi connectivity index (χ0v) is 12.3. The quantitative estimate of drug-likeness (QED) is 0.544. The summed E-state index contributed by atoms with van der Waals surface area (Å²) in [6, 6.07) is 0. The molecule has 6 heteroatoms. The average molecular weight is 262 g/mol. The summed E-state index contributed by atoms with van der Waals surface area (Å²) in [5.41, 5.74) is 0. The SMILES string of the molecule is CCO[Si]12OCC[N+](C)(CC(C)O1)CC(C)O2. The molecule has 100 valence electrons. The van der Waals surface area contributed by atoms with Crippen molar-refractivity contribution in [2.24, 2.45) is 0 Å². The normalized spacial score (nSPS) is 47.3. The monoisotopic (exact) mass is 262 g/mol. The van der Waals surface area contributed by atoms with Gasteiger partial charge in [0, 0.05) is 6.61 Å². The van der Waals surface area contributed by atoms with Crippen LogP contribution in [0.15, 0.2) is 0 Å². The van der Waals surface area contributed by atoms with Crippen molar-refractivity contribution in [3.05, 3.63) is 0 Å². The van der Waals surface area contributed by atoms with Crippen molar-refractivity contribution < 1.29 is 22.2 Å². The Labute approximate surface area is 105 Å². The molecule has 0 aromatic heterocycles. The maximum Gasteiger partial charge on any atom is 0.680 e. The van der Waals surface area contributed by atoms with Crippen LogP contribution in [0.4, 0.5) is 0 Å². The van der Waals surface area contributed by atoms with Crippen molar-refractivity contribution in [2.75, 3.05) is 39.9 Å². The third kappa shape index (κ3) is 3.07. The molecule has 3 aliphatic heterocycles. The van der Waals surface area contributed by atoms with Crippen LogP contribution in [-0.4, -0.2) is 65.6 Å². The molecular formula is C11H24NO4Si+. The molecule has 0 N–H and O–H groups in total. The lowest BCUT2D eigenvalue weighted by molar-refractivity contribution is -0.917. The summed E-state index contributed by atoms with van der Waals surface area (Å²) in [6.45, 7) is 10.3. The maximum absolute atomic E-state index is 5.98. The second kappa shape index (κ2) is 4.95. The highest BCUT2D eigenvalue weighted by molar-refractivity contribution is 6.53. The highest BCUT2D eigenvalue weighted by Gasteiger charge is 2.53. The molecular weight excluding hydrogens is 238 g/mol. The van der Waals surface area contributed by atoms with Crippen LogP contribution >= 0.6 is 0 Å². The van der Waals surface area contributed by atoms with Gasteiger partial charge in [-0.1, -0.05) is 0 Å². The molecule has 0 saturated carbocycles. The van der Waals surface area contributed by atoms with Crippen molar-refractivity contribution in [3.63, 3.8) is 0 Å². The van der Waals surface area contributed by atoms with E-state index in [1.54, 1.807) is 0 Å². The Bertz CT molecular complexity index is 262. The lowest BCUT2D eigenvalue weighted by Crippen LogP contribution is -2.66. The first kappa shape index (κ1) is 13.4. The number of quaternary nitrogens is 1. The van der Waals surface area contributed by atoms with E-state index in [4.69, 9.17) is 17.7 Å². The van der Waals surface area contributed by atoms with Crippen molar-refractivity contribution >= 4 is 9.05 Å². The lowest BCUT2D eigenvalue weighted by atomic mass is 10.2. The summed E-state index contributed by atoms with van der Waals surface area (Å²) >= 11 is 0. The largest absolute Gasteiger partial charge is 0.680 e. The Morgan fingerprint density at radius 1 is 1.24 bits per heavy atom. The Hall–Kier alpha value is 0.0169. The van der Waals surface area contributed by atoms with Gasteiger partial charge in [0.05, 0.1) is 25.9 Å². The van der Waals surface area contributed by atoms with Crippen molar-refractivity contribution in [1.29, 1.82) is 0 Å². The maximum atomic E-state index is 5.98. The highest BCUT2D eigenvalue weighted by Crippen LogP contribution is 2.25. The van der Waals surface area contributed by atoms with E-state index in [0.29, 0.717) is 13.2 Å². The van der Waals surface area contributed by atoms with Crippen LogP contribution in [-0.2, 0) is 17.7 Å². The van der Waals surface area contributed by atoms with Gasteiger partial charge in [0.25, 0.3) is 0 Å². The second-order valence-corrected chi connectivity index (χ2v) is 7.40. The standard InChI is InChI=1S/C11H24NO4Si/c1-5-13-17-14-7-6-12(4,8-10(2)15-17)9-11(3)16-17/h10-11H,5-9H2,1-4H3/q+1. The zero-order valence-electron chi connectivity index (χ0n) is 11.3. The number of fused-ring (bicyclic) bond motifs is 6. The first-order valence-electron chi connectivity index (χ1n) is 6.44. The fraction of sp³-hybridized carbons (Fsp3) is 1.00. The fourth-order valence-corrected chi connectivity index (χ4v) is 5.08. The Kier molecular flexibility index (Phi) is 3.91. The summed E-state index contributed by atoms with van der Waals surface area (Å²) in [5, 5.41) is 0. The van der Waals surface area contributed by atoms with Crippen LogP contribution in [0.3, 0.4) is 0 Å². The molecule has 0 amide bonds. The van der Waals surface area contributed by atoms with Gasteiger partial charge in [-0.25, -0.2) is 0 Å². The first-order valence-corrected chi connectivity index (χ1v) is 8.07. The second-order valence-electron chi connectivity index (χ2n) is 5.35. The molecule has 3 aliphatic rings. The van der Waals surface area contributed by atoms with Crippen LogP contribution in [0.1, 0.15) is 20.8 Å². The van der Waals surface area contributed by atoms with Crippen LogP contribution in [0.2, 0.25) is 0 Å². The van der Waals surface area contributed by atoms with Crippen LogP contribution in [0.5, 0.6) is 0 Å². The molecule has 5 nitrogen and oxygen atoms in total. The van der Waals surface area contributed by atoms with Gasteiger partial charge in [-0.05, 0) is 20.8 Å². The Morgan fingerprint density at radius 2 is 1.82 bits per heavy atom. The predicted octanol–water partition coefficient (Wildman–Crippen LogP) is 0.759. The fourth-order valence-electron chi connectivity index (χ4n) is 2.84. The summed E-state index contributed by atoms with van der Waals surface area (Å²) in [7, 11) is -0.657. The average Bonchev–Trinajstić information content (AvgIpc) is 2.12. The van der Waals surface area contributed by atoms with Crippen molar-refractivity contribution in [3.8, 4) is 0 Å².